The SMILES string of the molecule is CCCc1nc(NC(CO)c2ccccc2)c2nn(NC(CO)C(C)C)c(C(C)C)c2n1. The number of aliphatic hydroxyl groups excluding tert-OH is 2. The molecule has 0 fully saturated rings. The van der Waals surface area contributed by atoms with Crippen molar-refractivity contribution in [3.63, 3.8) is 0 Å². The number of aryl methyl sites for hydroxylation is 1. The largest absolute Gasteiger partial charge is 0.394 e. The second kappa shape index (κ2) is 10.7. The molecule has 32 heavy (non-hydrogen) atoms. The summed E-state index contributed by atoms with van der Waals surface area (Å²) in [6, 6.07) is 9.36. The minimum Gasteiger partial charge on any atom is -0.394 e. The van der Waals surface area contributed by atoms with Crippen LogP contribution < -0.4 is 10.7 Å². The number of nitrogens with zero attached hydrogens (tertiary/aromatic N) is 4. The van der Waals surface area contributed by atoms with E-state index in [0.29, 0.717) is 11.3 Å². The summed E-state index contributed by atoms with van der Waals surface area (Å²) in [5.74, 6) is 1.73. The van der Waals surface area contributed by atoms with Gasteiger partial charge in [0.2, 0.25) is 0 Å². The molecule has 4 N–H and O–H groups in total. The first-order valence-corrected chi connectivity index (χ1v) is 11.5. The molecule has 0 aliphatic carbocycles. The smallest absolute Gasteiger partial charge is 0.158 e. The first-order chi connectivity index (χ1) is 15.4. The molecule has 8 heteroatoms. The molecule has 0 saturated carbocycles. The fraction of sp³-hybridized carbons (Fsp3) is 0.542. The second-order valence-corrected chi connectivity index (χ2v) is 8.84. The van der Waals surface area contributed by atoms with Gasteiger partial charge in [0, 0.05) is 6.42 Å². The summed E-state index contributed by atoms with van der Waals surface area (Å²) in [4.78, 5) is 11.4. The molecule has 0 bridgehead atoms. The van der Waals surface area contributed by atoms with Crippen LogP contribution in [0.5, 0.6) is 0 Å². The highest BCUT2D eigenvalue weighted by Gasteiger charge is 2.24. The van der Waals surface area contributed by atoms with Crippen LogP contribution in [0.2, 0.25) is 0 Å². The highest BCUT2D eigenvalue weighted by Crippen LogP contribution is 2.30. The van der Waals surface area contributed by atoms with Gasteiger partial charge >= 0.3 is 0 Å². The zero-order valence-corrected chi connectivity index (χ0v) is 19.7. The molecule has 174 valence electrons. The van der Waals surface area contributed by atoms with Gasteiger partial charge in [-0.05, 0) is 23.8 Å². The van der Waals surface area contributed by atoms with E-state index in [1.54, 1.807) is 4.79 Å². The third-order valence-electron chi connectivity index (χ3n) is 5.61. The van der Waals surface area contributed by atoms with Crippen molar-refractivity contribution < 1.29 is 10.2 Å². The molecule has 2 unspecified atom stereocenters. The minimum atomic E-state index is -0.315. The molecular weight excluding hydrogens is 404 g/mol. The standard InChI is InChI=1S/C24H36N6O2/c1-6-10-20-26-21-22(24(27-20)25-19(14-32)17-11-8-7-9-12-17)29-30(23(21)16(4)5)28-18(13-31)15(2)3/h7-9,11-12,15-16,18-19,28,31-32H,6,10,13-14H2,1-5H3,(H,25,26,27). The molecule has 0 spiro atoms. The zero-order valence-electron chi connectivity index (χ0n) is 19.7. The van der Waals surface area contributed by atoms with Crippen molar-refractivity contribution in [2.75, 3.05) is 24.0 Å². The van der Waals surface area contributed by atoms with Crippen LogP contribution in [-0.4, -0.2) is 49.3 Å². The van der Waals surface area contributed by atoms with E-state index in [0.717, 1.165) is 35.4 Å². The lowest BCUT2D eigenvalue weighted by atomic mass is 10.1. The van der Waals surface area contributed by atoms with Crippen molar-refractivity contribution in [3.8, 4) is 0 Å². The Morgan fingerprint density at radius 2 is 1.69 bits per heavy atom. The fourth-order valence-corrected chi connectivity index (χ4v) is 3.72. The Kier molecular flexibility index (Phi) is 8.04. The minimum absolute atomic E-state index is 0.00384. The van der Waals surface area contributed by atoms with E-state index in [1.807, 2.05) is 30.3 Å². The molecule has 2 aromatic heterocycles. The molecule has 3 aromatic rings. The van der Waals surface area contributed by atoms with Gasteiger partial charge in [-0.3, -0.25) is 0 Å². The van der Waals surface area contributed by atoms with Gasteiger partial charge in [-0.25, -0.2) is 9.97 Å². The van der Waals surface area contributed by atoms with Gasteiger partial charge < -0.3 is 21.0 Å². The number of hydrogen-bond donors (Lipinski definition) is 4. The maximum absolute atomic E-state index is 10.1. The van der Waals surface area contributed by atoms with Crippen LogP contribution in [0, 0.1) is 5.92 Å². The van der Waals surface area contributed by atoms with Crippen molar-refractivity contribution in [1.29, 1.82) is 0 Å². The van der Waals surface area contributed by atoms with Gasteiger partial charge in [0.05, 0.1) is 31.0 Å². The number of aromatic nitrogens is 4. The van der Waals surface area contributed by atoms with Crippen LogP contribution in [0.4, 0.5) is 5.82 Å². The van der Waals surface area contributed by atoms with Crippen molar-refractivity contribution in [3.05, 3.63) is 47.4 Å². The van der Waals surface area contributed by atoms with Crippen LogP contribution in [0.1, 0.15) is 70.1 Å². The molecular formula is C24H36N6O2. The molecule has 2 heterocycles. The highest BCUT2D eigenvalue weighted by molar-refractivity contribution is 5.87. The Labute approximate surface area is 190 Å². The summed E-state index contributed by atoms with van der Waals surface area (Å²) in [6.07, 6.45) is 1.68. The first-order valence-electron chi connectivity index (χ1n) is 11.5. The van der Waals surface area contributed by atoms with E-state index in [9.17, 15) is 10.2 Å². The Morgan fingerprint density at radius 1 is 0.969 bits per heavy atom. The summed E-state index contributed by atoms with van der Waals surface area (Å²) >= 11 is 0. The maximum atomic E-state index is 10.1. The average Bonchev–Trinajstić information content (AvgIpc) is 3.14. The molecule has 0 amide bonds. The predicted octanol–water partition coefficient (Wildman–Crippen LogP) is 3.61. The highest BCUT2D eigenvalue weighted by atomic mass is 16.3. The number of benzene rings is 1. The van der Waals surface area contributed by atoms with Gasteiger partial charge in [-0.15, -0.1) is 5.10 Å². The normalized spacial score (nSPS) is 13.7. The Morgan fingerprint density at radius 3 is 2.25 bits per heavy atom. The molecule has 0 saturated heterocycles. The van der Waals surface area contributed by atoms with Crippen molar-refractivity contribution in [2.24, 2.45) is 5.92 Å². The van der Waals surface area contributed by atoms with Gasteiger partial charge in [0.25, 0.3) is 0 Å². The van der Waals surface area contributed by atoms with E-state index in [2.05, 4.69) is 45.4 Å². The zero-order chi connectivity index (χ0) is 23.3. The average molecular weight is 441 g/mol. The Hall–Kier alpha value is -2.71. The number of aliphatic hydroxyl groups is 2. The van der Waals surface area contributed by atoms with Gasteiger partial charge in [0.15, 0.2) is 11.3 Å². The Balaban J connectivity index is 2.13. The second-order valence-electron chi connectivity index (χ2n) is 8.84. The van der Waals surface area contributed by atoms with Crippen LogP contribution in [0.3, 0.4) is 0 Å². The quantitative estimate of drug-likeness (QED) is 0.361. The molecule has 1 aromatic carbocycles. The van der Waals surface area contributed by atoms with Gasteiger partial charge in [-0.2, -0.15) is 4.79 Å². The predicted molar refractivity (Wildman–Crippen MR) is 128 cm³/mol. The number of fused-ring (bicyclic) bond motifs is 1. The van der Waals surface area contributed by atoms with E-state index >= 15 is 0 Å². The number of anilines is 1. The summed E-state index contributed by atoms with van der Waals surface area (Å²) in [5, 5.41) is 28.1. The van der Waals surface area contributed by atoms with Gasteiger partial charge in [-0.1, -0.05) is 65.0 Å². The van der Waals surface area contributed by atoms with Crippen molar-refractivity contribution >= 4 is 16.9 Å². The monoisotopic (exact) mass is 440 g/mol. The molecule has 0 aliphatic heterocycles. The lowest BCUT2D eigenvalue weighted by Crippen LogP contribution is -2.37. The number of rotatable bonds is 11. The van der Waals surface area contributed by atoms with Crippen LogP contribution in [0.15, 0.2) is 30.3 Å². The molecule has 2 atom stereocenters. The van der Waals surface area contributed by atoms with Crippen LogP contribution in [0.25, 0.3) is 11.0 Å². The lowest BCUT2D eigenvalue weighted by Gasteiger charge is -2.22. The molecule has 0 aliphatic rings. The van der Waals surface area contributed by atoms with E-state index in [-0.39, 0.29) is 37.1 Å². The van der Waals surface area contributed by atoms with Gasteiger partial charge in [0.1, 0.15) is 11.3 Å². The summed E-state index contributed by atoms with van der Waals surface area (Å²) in [6.45, 7) is 10.4. The molecule has 8 nitrogen and oxygen atoms in total. The summed E-state index contributed by atoms with van der Waals surface area (Å²) in [7, 11) is 0. The number of nitrogens with one attached hydrogen (secondary N) is 2. The molecule has 3 rings (SSSR count). The lowest BCUT2D eigenvalue weighted by molar-refractivity contribution is 0.238. The third-order valence-corrected chi connectivity index (χ3v) is 5.61. The summed E-state index contributed by atoms with van der Waals surface area (Å²) in [5.41, 5.74) is 6.71. The van der Waals surface area contributed by atoms with E-state index in [4.69, 9.17) is 15.1 Å². The van der Waals surface area contributed by atoms with Crippen molar-refractivity contribution in [1.82, 2.24) is 19.9 Å². The molecule has 0 radical (unpaired) electrons. The van der Waals surface area contributed by atoms with E-state index < -0.39 is 0 Å². The Bertz CT molecular complexity index is 1000. The fourth-order valence-electron chi connectivity index (χ4n) is 3.72. The van der Waals surface area contributed by atoms with E-state index in [1.165, 1.54) is 0 Å². The summed E-state index contributed by atoms with van der Waals surface area (Å²) < 4.78 is 0. The van der Waals surface area contributed by atoms with Crippen LogP contribution >= 0.6 is 0 Å². The van der Waals surface area contributed by atoms with Crippen molar-refractivity contribution in [2.45, 2.75) is 65.5 Å². The number of hydrogen-bond acceptors (Lipinski definition) is 7. The first kappa shape index (κ1) is 23.9. The maximum Gasteiger partial charge on any atom is 0.158 e. The van der Waals surface area contributed by atoms with Crippen LogP contribution in [-0.2, 0) is 6.42 Å². The topological polar surface area (TPSA) is 108 Å². The third kappa shape index (κ3) is 5.19.